The van der Waals surface area contributed by atoms with E-state index in [1.54, 1.807) is 31.2 Å². The number of nitrogens with one attached hydrogen (secondary N) is 1. The average molecular weight is 218 g/mol. The standard InChI is InChI=1S/C13H15FN2/c1-3-4-9-13(2,10-15)16-12-8-6-5-7-11(12)14/h3,5-8,16H,1,4,9H2,2H3. The first-order valence-electron chi connectivity index (χ1n) is 5.16. The Labute approximate surface area is 95.4 Å². The van der Waals surface area contributed by atoms with Gasteiger partial charge in [0.1, 0.15) is 11.4 Å². The molecule has 1 N–H and O–H groups in total. The van der Waals surface area contributed by atoms with Crippen molar-refractivity contribution in [3.63, 3.8) is 0 Å². The zero-order valence-electron chi connectivity index (χ0n) is 9.33. The van der Waals surface area contributed by atoms with Crippen LogP contribution in [0.2, 0.25) is 0 Å². The van der Waals surface area contributed by atoms with E-state index in [1.807, 2.05) is 0 Å². The molecule has 0 amide bonds. The number of benzene rings is 1. The van der Waals surface area contributed by atoms with Crippen molar-refractivity contribution < 1.29 is 4.39 Å². The van der Waals surface area contributed by atoms with Crippen molar-refractivity contribution in [2.24, 2.45) is 0 Å². The predicted octanol–water partition coefficient (Wildman–Crippen LogP) is 3.49. The minimum absolute atomic E-state index is 0.345. The molecule has 0 spiro atoms. The second-order valence-corrected chi connectivity index (χ2v) is 3.88. The van der Waals surface area contributed by atoms with Gasteiger partial charge in [-0.2, -0.15) is 5.26 Å². The third kappa shape index (κ3) is 3.09. The Morgan fingerprint density at radius 3 is 2.81 bits per heavy atom. The first kappa shape index (κ1) is 12.3. The fraction of sp³-hybridized carbons (Fsp3) is 0.308. The summed E-state index contributed by atoms with van der Waals surface area (Å²) in [6.07, 6.45) is 3.06. The summed E-state index contributed by atoms with van der Waals surface area (Å²) < 4.78 is 13.4. The predicted molar refractivity (Wildman–Crippen MR) is 63.5 cm³/mol. The number of halogens is 1. The van der Waals surface area contributed by atoms with E-state index in [1.165, 1.54) is 6.07 Å². The van der Waals surface area contributed by atoms with Crippen LogP contribution in [0.15, 0.2) is 36.9 Å². The van der Waals surface area contributed by atoms with Crippen LogP contribution in [0.25, 0.3) is 0 Å². The van der Waals surface area contributed by atoms with E-state index in [0.29, 0.717) is 18.5 Å². The van der Waals surface area contributed by atoms with Crippen LogP contribution in [0, 0.1) is 17.1 Å². The molecule has 0 saturated carbocycles. The Morgan fingerprint density at radius 1 is 1.56 bits per heavy atom. The Kier molecular flexibility index (Phi) is 4.07. The van der Waals surface area contributed by atoms with Crippen molar-refractivity contribution in [1.82, 2.24) is 0 Å². The topological polar surface area (TPSA) is 35.8 Å². The highest BCUT2D eigenvalue weighted by Crippen LogP contribution is 2.21. The van der Waals surface area contributed by atoms with Gasteiger partial charge in [0.15, 0.2) is 0 Å². The zero-order valence-corrected chi connectivity index (χ0v) is 9.33. The molecule has 84 valence electrons. The fourth-order valence-electron chi connectivity index (χ4n) is 1.40. The van der Waals surface area contributed by atoms with Crippen LogP contribution in [0.4, 0.5) is 10.1 Å². The highest BCUT2D eigenvalue weighted by molar-refractivity contribution is 5.48. The monoisotopic (exact) mass is 218 g/mol. The minimum atomic E-state index is -0.767. The first-order chi connectivity index (χ1) is 7.61. The number of hydrogen-bond acceptors (Lipinski definition) is 2. The largest absolute Gasteiger partial charge is 0.365 e. The molecule has 1 aromatic carbocycles. The molecular weight excluding hydrogens is 203 g/mol. The molecule has 0 aliphatic rings. The van der Waals surface area contributed by atoms with Crippen molar-refractivity contribution in [2.45, 2.75) is 25.3 Å². The van der Waals surface area contributed by atoms with Crippen LogP contribution in [-0.2, 0) is 0 Å². The number of para-hydroxylation sites is 1. The van der Waals surface area contributed by atoms with Crippen LogP contribution in [0.5, 0.6) is 0 Å². The molecule has 1 atom stereocenters. The van der Waals surface area contributed by atoms with Crippen LogP contribution in [0.1, 0.15) is 19.8 Å². The summed E-state index contributed by atoms with van der Waals surface area (Å²) >= 11 is 0. The summed E-state index contributed by atoms with van der Waals surface area (Å²) in [5.74, 6) is -0.345. The van der Waals surface area contributed by atoms with Crippen molar-refractivity contribution in [3.8, 4) is 6.07 Å². The molecule has 1 unspecified atom stereocenters. The van der Waals surface area contributed by atoms with E-state index >= 15 is 0 Å². The summed E-state index contributed by atoms with van der Waals surface area (Å²) in [5.41, 5.74) is -0.410. The molecule has 3 heteroatoms. The maximum Gasteiger partial charge on any atom is 0.146 e. The van der Waals surface area contributed by atoms with Crippen LogP contribution in [-0.4, -0.2) is 5.54 Å². The molecule has 1 aromatic rings. The normalized spacial score (nSPS) is 13.6. The van der Waals surface area contributed by atoms with Crippen molar-refractivity contribution in [1.29, 1.82) is 5.26 Å². The Bertz CT molecular complexity index is 409. The number of nitriles is 1. The van der Waals surface area contributed by atoms with Gasteiger partial charge in [-0.05, 0) is 31.9 Å². The van der Waals surface area contributed by atoms with Gasteiger partial charge in [-0.25, -0.2) is 4.39 Å². The molecule has 2 nitrogen and oxygen atoms in total. The van der Waals surface area contributed by atoms with Gasteiger partial charge in [0.05, 0.1) is 11.8 Å². The maximum atomic E-state index is 13.4. The van der Waals surface area contributed by atoms with Gasteiger partial charge >= 0.3 is 0 Å². The quantitative estimate of drug-likeness (QED) is 0.768. The molecule has 0 fully saturated rings. The second-order valence-electron chi connectivity index (χ2n) is 3.88. The maximum absolute atomic E-state index is 13.4. The molecule has 0 aliphatic heterocycles. The van der Waals surface area contributed by atoms with Crippen LogP contribution < -0.4 is 5.32 Å². The van der Waals surface area contributed by atoms with Crippen molar-refractivity contribution in [3.05, 3.63) is 42.7 Å². The van der Waals surface area contributed by atoms with Crippen LogP contribution in [0.3, 0.4) is 0 Å². The lowest BCUT2D eigenvalue weighted by molar-refractivity contribution is 0.579. The van der Waals surface area contributed by atoms with E-state index < -0.39 is 5.54 Å². The van der Waals surface area contributed by atoms with E-state index in [9.17, 15) is 4.39 Å². The lowest BCUT2D eigenvalue weighted by Gasteiger charge is -2.24. The van der Waals surface area contributed by atoms with Crippen molar-refractivity contribution in [2.75, 3.05) is 5.32 Å². The summed E-state index contributed by atoms with van der Waals surface area (Å²) in [4.78, 5) is 0. The molecule has 0 heterocycles. The Morgan fingerprint density at radius 2 is 2.25 bits per heavy atom. The summed E-state index contributed by atoms with van der Waals surface area (Å²) in [7, 11) is 0. The van der Waals surface area contributed by atoms with Gasteiger partial charge in [0, 0.05) is 0 Å². The van der Waals surface area contributed by atoms with Gasteiger partial charge in [-0.1, -0.05) is 18.2 Å². The SMILES string of the molecule is C=CCCC(C)(C#N)Nc1ccccc1F. The molecular formula is C13H15FN2. The highest BCUT2D eigenvalue weighted by Gasteiger charge is 2.23. The zero-order chi connectivity index (χ0) is 12.0. The third-order valence-corrected chi connectivity index (χ3v) is 2.38. The van der Waals surface area contributed by atoms with Crippen LogP contribution >= 0.6 is 0 Å². The molecule has 0 aliphatic carbocycles. The highest BCUT2D eigenvalue weighted by atomic mass is 19.1. The van der Waals surface area contributed by atoms with Crippen molar-refractivity contribution >= 4 is 5.69 Å². The number of nitrogens with zero attached hydrogens (tertiary/aromatic N) is 1. The minimum Gasteiger partial charge on any atom is -0.365 e. The number of allylic oxidation sites excluding steroid dienone is 1. The van der Waals surface area contributed by atoms with E-state index in [-0.39, 0.29) is 5.82 Å². The number of hydrogen-bond donors (Lipinski definition) is 1. The average Bonchev–Trinajstić information content (AvgIpc) is 2.30. The molecule has 0 aromatic heterocycles. The molecule has 0 radical (unpaired) electrons. The molecule has 0 saturated heterocycles. The van der Waals surface area contributed by atoms with Gasteiger partial charge in [0.2, 0.25) is 0 Å². The van der Waals surface area contributed by atoms with Gasteiger partial charge in [-0.3, -0.25) is 0 Å². The van der Waals surface area contributed by atoms with E-state index in [2.05, 4.69) is 18.0 Å². The smallest absolute Gasteiger partial charge is 0.146 e. The van der Waals surface area contributed by atoms with Gasteiger partial charge in [-0.15, -0.1) is 6.58 Å². The Hall–Kier alpha value is -1.82. The lowest BCUT2D eigenvalue weighted by Crippen LogP contribution is -2.33. The van der Waals surface area contributed by atoms with Gasteiger partial charge < -0.3 is 5.32 Å². The van der Waals surface area contributed by atoms with E-state index in [4.69, 9.17) is 5.26 Å². The summed E-state index contributed by atoms with van der Waals surface area (Å²) in [6, 6.07) is 8.51. The molecule has 16 heavy (non-hydrogen) atoms. The number of anilines is 1. The van der Waals surface area contributed by atoms with E-state index in [0.717, 1.165) is 0 Å². The summed E-state index contributed by atoms with van der Waals surface area (Å²) in [6.45, 7) is 5.36. The fourth-order valence-corrected chi connectivity index (χ4v) is 1.40. The second kappa shape index (κ2) is 5.32. The molecule has 0 bridgehead atoms. The lowest BCUT2D eigenvalue weighted by atomic mass is 9.97. The summed E-state index contributed by atoms with van der Waals surface area (Å²) in [5, 5.41) is 12.0. The first-order valence-corrected chi connectivity index (χ1v) is 5.16. The van der Waals surface area contributed by atoms with Gasteiger partial charge in [0.25, 0.3) is 0 Å². The Balaban J connectivity index is 2.81. The molecule has 1 rings (SSSR count). The number of rotatable bonds is 5. The third-order valence-electron chi connectivity index (χ3n) is 2.38.